The number of hydrogen-bond acceptors (Lipinski definition) is 5. The third kappa shape index (κ3) is 4.24. The van der Waals surface area contributed by atoms with Crippen LogP contribution in [0, 0.1) is 0 Å². The van der Waals surface area contributed by atoms with Crippen LogP contribution >= 0.6 is 0 Å². The predicted molar refractivity (Wildman–Crippen MR) is 94.8 cm³/mol. The van der Waals surface area contributed by atoms with Crippen molar-refractivity contribution in [2.24, 2.45) is 0 Å². The largest absolute Gasteiger partial charge is 0.374 e. The Morgan fingerprint density at radius 3 is 2.96 bits per heavy atom. The van der Waals surface area contributed by atoms with Gasteiger partial charge in [-0.05, 0) is 43.0 Å². The van der Waals surface area contributed by atoms with E-state index in [1.165, 1.54) is 6.42 Å². The average molecular weight is 339 g/mol. The number of nitrogens with zero attached hydrogens (tertiary/aromatic N) is 3. The van der Waals surface area contributed by atoms with Crippen LogP contribution in [0.2, 0.25) is 0 Å². The molecule has 0 spiro atoms. The molecule has 0 amide bonds. The third-order valence-corrected chi connectivity index (χ3v) is 5.14. The van der Waals surface area contributed by atoms with E-state index in [1.54, 1.807) is 6.20 Å². The van der Waals surface area contributed by atoms with Crippen molar-refractivity contribution < 1.29 is 9.47 Å². The maximum Gasteiger partial charge on any atom is 0.0813 e. The molecule has 2 fully saturated rings. The Hall–Kier alpha value is -1.82. The van der Waals surface area contributed by atoms with E-state index in [1.807, 2.05) is 30.6 Å². The summed E-state index contributed by atoms with van der Waals surface area (Å²) in [5.74, 6) is 0. The van der Waals surface area contributed by atoms with E-state index < -0.39 is 0 Å². The van der Waals surface area contributed by atoms with Gasteiger partial charge in [0.2, 0.25) is 0 Å². The van der Waals surface area contributed by atoms with Crippen LogP contribution in [0.1, 0.15) is 30.5 Å². The van der Waals surface area contributed by atoms with Gasteiger partial charge in [0.05, 0.1) is 31.1 Å². The molecule has 2 aromatic rings. The second-order valence-electron chi connectivity index (χ2n) is 6.90. The molecule has 2 aromatic heterocycles. The van der Waals surface area contributed by atoms with Crippen LogP contribution in [0.3, 0.4) is 0 Å². The molecule has 4 rings (SSSR count). The highest BCUT2D eigenvalue weighted by atomic mass is 16.5. The van der Waals surface area contributed by atoms with E-state index in [9.17, 15) is 0 Å². The van der Waals surface area contributed by atoms with Crippen molar-refractivity contribution in [1.29, 1.82) is 0 Å². The highest BCUT2D eigenvalue weighted by Gasteiger charge is 2.39. The number of ether oxygens (including phenoxy) is 2. The van der Waals surface area contributed by atoms with Crippen LogP contribution in [-0.2, 0) is 22.6 Å². The molecule has 0 radical (unpaired) electrons. The van der Waals surface area contributed by atoms with E-state index in [0.29, 0.717) is 25.4 Å². The first-order chi connectivity index (χ1) is 12.4. The van der Waals surface area contributed by atoms with E-state index in [-0.39, 0.29) is 6.10 Å². The van der Waals surface area contributed by atoms with Crippen LogP contribution in [0.25, 0.3) is 0 Å². The minimum Gasteiger partial charge on any atom is -0.374 e. The molecular weight excluding hydrogens is 314 g/mol. The molecule has 0 unspecified atom stereocenters. The zero-order chi connectivity index (χ0) is 16.9. The fourth-order valence-corrected chi connectivity index (χ4v) is 3.90. The van der Waals surface area contributed by atoms with Crippen LogP contribution in [-0.4, -0.2) is 46.3 Å². The van der Waals surface area contributed by atoms with Gasteiger partial charge in [0, 0.05) is 37.7 Å². The lowest BCUT2D eigenvalue weighted by Crippen LogP contribution is -2.43. The summed E-state index contributed by atoms with van der Waals surface area (Å²) >= 11 is 0. The molecule has 0 aliphatic carbocycles. The average Bonchev–Trinajstić information content (AvgIpc) is 3.06. The number of fused-ring (bicyclic) bond motifs is 1. The molecule has 5 nitrogen and oxygen atoms in total. The molecular formula is C20H25N3O2. The lowest BCUT2D eigenvalue weighted by Gasteiger charge is -2.35. The van der Waals surface area contributed by atoms with Gasteiger partial charge < -0.3 is 9.47 Å². The fourth-order valence-electron chi connectivity index (χ4n) is 3.90. The summed E-state index contributed by atoms with van der Waals surface area (Å²) < 4.78 is 12.2. The van der Waals surface area contributed by atoms with Gasteiger partial charge in [-0.2, -0.15) is 0 Å². The number of hydrogen-bond donors (Lipinski definition) is 0. The van der Waals surface area contributed by atoms with Crippen LogP contribution < -0.4 is 0 Å². The van der Waals surface area contributed by atoms with Crippen molar-refractivity contribution in [3.05, 3.63) is 60.2 Å². The van der Waals surface area contributed by atoms with Crippen LogP contribution in [0.15, 0.2) is 48.9 Å². The third-order valence-electron chi connectivity index (χ3n) is 5.14. The molecule has 3 atom stereocenters. The Morgan fingerprint density at radius 2 is 2.12 bits per heavy atom. The molecule has 0 saturated carbocycles. The number of likely N-dealkylation sites (tertiary alicyclic amines) is 1. The van der Waals surface area contributed by atoms with Crippen LogP contribution in [0.5, 0.6) is 0 Å². The SMILES string of the molecule is c1ccc(CN2CC[C@@H]3O[C@H](COCc4cccnc4)CC[C@@H]32)nc1. The first kappa shape index (κ1) is 16.6. The molecule has 132 valence electrons. The van der Waals surface area contributed by atoms with Gasteiger partial charge in [-0.3, -0.25) is 14.9 Å². The molecule has 4 heterocycles. The maximum absolute atomic E-state index is 6.31. The zero-order valence-electron chi connectivity index (χ0n) is 14.5. The normalized spacial score (nSPS) is 26.5. The lowest BCUT2D eigenvalue weighted by atomic mass is 9.99. The first-order valence-electron chi connectivity index (χ1n) is 9.14. The number of rotatable bonds is 6. The second kappa shape index (κ2) is 8.04. The summed E-state index contributed by atoms with van der Waals surface area (Å²) in [5.41, 5.74) is 2.25. The first-order valence-corrected chi connectivity index (χ1v) is 9.14. The van der Waals surface area contributed by atoms with Crippen molar-refractivity contribution in [2.75, 3.05) is 13.2 Å². The van der Waals surface area contributed by atoms with Crippen molar-refractivity contribution in [3.8, 4) is 0 Å². The lowest BCUT2D eigenvalue weighted by molar-refractivity contribution is -0.102. The smallest absolute Gasteiger partial charge is 0.0813 e. The monoisotopic (exact) mass is 339 g/mol. The summed E-state index contributed by atoms with van der Waals surface area (Å²) in [6, 6.07) is 10.6. The zero-order valence-corrected chi connectivity index (χ0v) is 14.5. The van der Waals surface area contributed by atoms with E-state index in [0.717, 1.165) is 37.2 Å². The van der Waals surface area contributed by atoms with E-state index >= 15 is 0 Å². The predicted octanol–water partition coefficient (Wildman–Crippen LogP) is 2.82. The molecule has 0 aromatic carbocycles. The van der Waals surface area contributed by atoms with Gasteiger partial charge in [-0.15, -0.1) is 0 Å². The quantitative estimate of drug-likeness (QED) is 0.810. The highest BCUT2D eigenvalue weighted by molar-refractivity contribution is 5.07. The van der Waals surface area contributed by atoms with Crippen LogP contribution in [0.4, 0.5) is 0 Å². The Balaban J connectivity index is 1.24. The molecule has 25 heavy (non-hydrogen) atoms. The van der Waals surface area contributed by atoms with Crippen molar-refractivity contribution in [3.63, 3.8) is 0 Å². The highest BCUT2D eigenvalue weighted by Crippen LogP contribution is 2.32. The van der Waals surface area contributed by atoms with Gasteiger partial charge in [0.15, 0.2) is 0 Å². The summed E-state index contributed by atoms with van der Waals surface area (Å²) in [6.45, 7) is 3.29. The minimum atomic E-state index is 0.215. The molecule has 0 bridgehead atoms. The molecule has 2 aliphatic heterocycles. The number of pyridine rings is 2. The molecule has 5 heteroatoms. The summed E-state index contributed by atoms with van der Waals surface area (Å²) in [4.78, 5) is 11.1. The molecule has 2 aliphatic rings. The summed E-state index contributed by atoms with van der Waals surface area (Å²) in [7, 11) is 0. The standard InChI is InChI=1S/C20H25N3O2/c1-2-10-22-17(5-1)13-23-11-8-20-19(23)7-6-18(25-20)15-24-14-16-4-3-9-21-12-16/h1-5,9-10,12,18-20H,6-8,11,13-15H2/t18-,19-,20-/m0/s1. The Kier molecular flexibility index (Phi) is 5.35. The Labute approximate surface area is 149 Å². The van der Waals surface area contributed by atoms with E-state index in [2.05, 4.69) is 27.0 Å². The van der Waals surface area contributed by atoms with Gasteiger partial charge >= 0.3 is 0 Å². The van der Waals surface area contributed by atoms with E-state index in [4.69, 9.17) is 9.47 Å². The van der Waals surface area contributed by atoms with Crippen molar-refractivity contribution >= 4 is 0 Å². The second-order valence-corrected chi connectivity index (χ2v) is 6.90. The topological polar surface area (TPSA) is 47.5 Å². The summed E-state index contributed by atoms with van der Waals surface area (Å²) in [6.07, 6.45) is 9.41. The van der Waals surface area contributed by atoms with Gasteiger partial charge in [0.25, 0.3) is 0 Å². The van der Waals surface area contributed by atoms with Crippen molar-refractivity contribution in [2.45, 2.75) is 50.7 Å². The van der Waals surface area contributed by atoms with Gasteiger partial charge in [0.1, 0.15) is 0 Å². The van der Waals surface area contributed by atoms with Gasteiger partial charge in [-0.1, -0.05) is 12.1 Å². The molecule has 2 saturated heterocycles. The minimum absolute atomic E-state index is 0.215. The van der Waals surface area contributed by atoms with Crippen molar-refractivity contribution in [1.82, 2.24) is 14.9 Å². The summed E-state index contributed by atoms with van der Waals surface area (Å²) in [5, 5.41) is 0. The maximum atomic E-state index is 6.31. The van der Waals surface area contributed by atoms with Gasteiger partial charge in [-0.25, -0.2) is 0 Å². The Morgan fingerprint density at radius 1 is 1.12 bits per heavy atom. The fraction of sp³-hybridized carbons (Fsp3) is 0.500. The molecule has 0 N–H and O–H groups in total. The Bertz CT molecular complexity index is 653. The number of aromatic nitrogens is 2.